The average Bonchev–Trinajstić information content (AvgIpc) is 1.21. The van der Waals surface area contributed by atoms with Crippen molar-refractivity contribution >= 4 is 131 Å². The normalized spacial score (nSPS) is 10.2. The summed E-state index contributed by atoms with van der Waals surface area (Å²) in [5.41, 5.74) is 11.2. The highest BCUT2D eigenvalue weighted by Gasteiger charge is 2.31. The molecule has 20 aromatic rings. The highest BCUT2D eigenvalue weighted by Crippen LogP contribution is 2.34. The van der Waals surface area contributed by atoms with Gasteiger partial charge < -0.3 is 35.7 Å². The topological polar surface area (TPSA) is 311 Å². The molecule has 16 aromatic heterocycles. The third-order valence-electron chi connectivity index (χ3n) is 17.8. The van der Waals surface area contributed by atoms with Crippen molar-refractivity contribution in [2.75, 3.05) is 0 Å². The lowest BCUT2D eigenvalue weighted by Crippen LogP contribution is -2.17. The number of nitrogens with zero attached hydrogens (tertiary/aromatic N) is 3. The summed E-state index contributed by atoms with van der Waals surface area (Å²) in [4.78, 5) is 118. The van der Waals surface area contributed by atoms with Crippen molar-refractivity contribution < 1.29 is 114 Å². The van der Waals surface area contributed by atoms with Gasteiger partial charge in [-0.3, -0.25) is 52.9 Å². The fourth-order valence-electron chi connectivity index (χ4n) is 11.5. The van der Waals surface area contributed by atoms with Crippen LogP contribution in [0.5, 0.6) is 5.75 Å². The predicted octanol–water partition coefficient (Wildman–Crippen LogP) is 28.8. The Kier molecular flexibility index (Phi) is 38.2. The number of carbonyl (C=O) groups is 10. The molecule has 0 fully saturated rings. The Balaban J connectivity index is 0.000000146. The molecule has 4 aromatic carbocycles. The van der Waals surface area contributed by atoms with E-state index >= 15 is 0 Å². The van der Waals surface area contributed by atoms with Crippen LogP contribution in [0.15, 0.2) is 365 Å². The van der Waals surface area contributed by atoms with Gasteiger partial charge in [0.2, 0.25) is 0 Å². The van der Waals surface area contributed by atoms with Crippen LogP contribution in [0.4, 0.5) is 30.7 Å². The Bertz CT molecular complexity index is 6680. The molecule has 21 nitrogen and oxygen atoms in total. The molecule has 0 aliphatic carbocycles. The van der Waals surface area contributed by atoms with E-state index in [1.807, 2.05) is 90.9 Å². The van der Waals surface area contributed by atoms with Gasteiger partial charge >= 0.3 is 6.36 Å². The van der Waals surface area contributed by atoms with Crippen LogP contribution in [0, 0.1) is 23.3 Å². The Hall–Kier alpha value is -16.5. The summed E-state index contributed by atoms with van der Waals surface area (Å²) in [6.07, 6.45) is 11.0. The zero-order valence-corrected chi connectivity index (χ0v) is 74.8. The van der Waals surface area contributed by atoms with Gasteiger partial charge in [0.25, 0.3) is 0 Å². The number of thiophene rings is 6. The Morgan fingerprint density at radius 3 is 1.40 bits per heavy atom. The van der Waals surface area contributed by atoms with E-state index in [-0.39, 0.29) is 28.4 Å². The van der Waals surface area contributed by atoms with Crippen molar-refractivity contribution in [1.29, 1.82) is 0 Å². The van der Waals surface area contributed by atoms with E-state index in [0.717, 1.165) is 67.2 Å². The molecule has 0 spiro atoms. The van der Waals surface area contributed by atoms with Crippen molar-refractivity contribution in [3.63, 3.8) is 0 Å². The molecular formula is C102H66F7N3O18S6. The molecule has 0 N–H and O–H groups in total. The second kappa shape index (κ2) is 51.9. The minimum absolute atomic E-state index is 0.105. The standard InChI is InChI=1S/C13H8F3NO2.C11H7FO2.2C11H7FOS.C10H6FNO2.C10H7NO2.C9H6O3.2C9H6O2S.C9H6OS2/c14-13(15,16)19-11-5-1-3-9(7-11)12-10(8-18)4-2-6-17-12;12-9-4-3-8(7-13)10(6-9)11-2-1-5-14-11;12-11-2-1-8(5-10(11)6-13)9-3-4-14-7-9;12-11-3-1-2-9(10(11)6-13)8-4-5-14-7-8;11-7-3-4-8(12-9(7)6-13)10-2-1-5-14-10;12-7-8-3-1-4-9(11-8)10-5-2-6-13-10;10-6-7-3-4-9(12-7)8-2-1-5-11-8;10-5-8-1-2-9(11-8)7-3-4-12-6-7;10-5-8-4-7(6-12-8)9-2-1-3-11-9;10-4-9-3-8(6-12-9)7-1-2-11-5-7/h1-8H;3*1-7H;1-6H;1-7H;4*1-6H. The zero-order chi connectivity index (χ0) is 96.4. The number of furan rings is 7. The number of benzene rings is 4. The highest BCUT2D eigenvalue weighted by molar-refractivity contribution is 7.12. The molecule has 0 aliphatic heterocycles. The zero-order valence-electron chi connectivity index (χ0n) is 69.9. The molecule has 0 radical (unpaired) electrons. The van der Waals surface area contributed by atoms with Crippen LogP contribution in [0.3, 0.4) is 0 Å². The van der Waals surface area contributed by atoms with Crippen LogP contribution in [-0.4, -0.2) is 84.2 Å². The van der Waals surface area contributed by atoms with Crippen molar-refractivity contribution in [3.05, 3.63) is 412 Å². The SMILES string of the molecule is O=Cc1c(F)cccc1-c1ccsc1.O=Cc1cc(-c2ccco2)cs1.O=Cc1cc(-c2ccsc2)ccc1F.O=Cc1cc(-c2ccsc2)cs1.O=Cc1ccc(-c2ccco2)o1.O=Cc1ccc(-c2ccsc2)o1.O=Cc1ccc(F)cc1-c1ccco1.O=Cc1cccc(-c2ccco2)n1.O=Cc1cccnc1-c1cccc(OC(F)(F)F)c1.O=Cc1nc(-c2ccco2)ccc1F. The van der Waals surface area contributed by atoms with Crippen molar-refractivity contribution in [2.45, 2.75) is 6.36 Å². The number of carbonyl (C=O) groups excluding carboxylic acids is 10. The summed E-state index contributed by atoms with van der Waals surface area (Å²) in [5, 5.41) is 19.7. The van der Waals surface area contributed by atoms with Crippen molar-refractivity contribution in [3.8, 4) is 119 Å². The first-order valence-electron chi connectivity index (χ1n) is 39.3. The Morgan fingerprint density at radius 1 is 0.316 bits per heavy atom. The van der Waals surface area contributed by atoms with Crippen LogP contribution >= 0.6 is 68.0 Å². The number of pyridine rings is 3. The van der Waals surface area contributed by atoms with Gasteiger partial charge in [-0.25, -0.2) is 27.5 Å². The maximum atomic E-state index is 13.2. The van der Waals surface area contributed by atoms with Crippen LogP contribution in [0.1, 0.15) is 103 Å². The first-order valence-corrected chi connectivity index (χ1v) is 44.8. The van der Waals surface area contributed by atoms with E-state index in [4.69, 9.17) is 30.9 Å². The molecule has 682 valence electrons. The van der Waals surface area contributed by atoms with E-state index in [2.05, 4.69) is 31.1 Å². The van der Waals surface area contributed by atoms with Gasteiger partial charge in [0.1, 0.15) is 63.3 Å². The average molecular weight is 1950 g/mol. The number of aldehydes is 10. The van der Waals surface area contributed by atoms with Gasteiger partial charge in [0.15, 0.2) is 103 Å². The van der Waals surface area contributed by atoms with Gasteiger partial charge in [-0.1, -0.05) is 36.4 Å². The summed E-state index contributed by atoms with van der Waals surface area (Å²) in [5.74, 6) is 2.79. The van der Waals surface area contributed by atoms with Crippen molar-refractivity contribution in [1.82, 2.24) is 15.0 Å². The van der Waals surface area contributed by atoms with E-state index in [1.165, 1.54) is 125 Å². The predicted molar refractivity (Wildman–Crippen MR) is 506 cm³/mol. The van der Waals surface area contributed by atoms with Crippen LogP contribution in [0.2, 0.25) is 0 Å². The second-order valence-electron chi connectivity index (χ2n) is 26.7. The number of halogens is 7. The minimum atomic E-state index is -4.75. The number of aromatic nitrogens is 3. The molecule has 136 heavy (non-hydrogen) atoms. The molecule has 34 heteroatoms. The van der Waals surface area contributed by atoms with Gasteiger partial charge in [0.05, 0.1) is 57.9 Å². The summed E-state index contributed by atoms with van der Waals surface area (Å²) in [6, 6.07) is 65.3. The molecule has 0 atom stereocenters. The fourth-order valence-corrected chi connectivity index (χ4v) is 15.6. The second-order valence-corrected chi connectivity index (χ2v) is 31.7. The quantitative estimate of drug-likeness (QED) is 0.0476. The lowest BCUT2D eigenvalue weighted by Gasteiger charge is -2.10. The van der Waals surface area contributed by atoms with Crippen LogP contribution < -0.4 is 4.74 Å². The smallest absolute Gasteiger partial charge is 0.464 e. The lowest BCUT2D eigenvalue weighted by molar-refractivity contribution is -0.274. The monoisotopic (exact) mass is 1950 g/mol. The molecule has 16 heterocycles. The van der Waals surface area contributed by atoms with E-state index in [0.29, 0.717) is 141 Å². The molecule has 0 saturated heterocycles. The lowest BCUT2D eigenvalue weighted by atomic mass is 10.0. The van der Waals surface area contributed by atoms with Crippen LogP contribution in [-0.2, 0) is 0 Å². The van der Waals surface area contributed by atoms with Gasteiger partial charge in [-0.15, -0.1) is 35.8 Å². The molecule has 0 unspecified atom stereocenters. The number of ether oxygens (including phenoxy) is 1. The molecular weight excluding hydrogens is 1880 g/mol. The van der Waals surface area contributed by atoms with Gasteiger partial charge in [-0.05, 0) is 283 Å². The number of rotatable bonds is 21. The maximum Gasteiger partial charge on any atom is 0.573 e. The van der Waals surface area contributed by atoms with E-state index in [9.17, 15) is 78.7 Å². The van der Waals surface area contributed by atoms with Crippen molar-refractivity contribution in [2.24, 2.45) is 0 Å². The van der Waals surface area contributed by atoms with E-state index < -0.39 is 23.8 Å². The van der Waals surface area contributed by atoms with Crippen LogP contribution in [0.25, 0.3) is 113 Å². The largest absolute Gasteiger partial charge is 0.573 e. The third-order valence-corrected chi connectivity index (χ3v) is 22.3. The Labute approximate surface area is 792 Å². The fraction of sp³-hybridized carbons (Fsp3) is 0.00980. The molecule has 0 amide bonds. The molecule has 0 bridgehead atoms. The summed E-state index contributed by atoms with van der Waals surface area (Å²) < 4.78 is 128. The van der Waals surface area contributed by atoms with E-state index in [1.54, 1.807) is 180 Å². The summed E-state index contributed by atoms with van der Waals surface area (Å²) in [7, 11) is 0. The number of hydrogen-bond donors (Lipinski definition) is 0. The van der Waals surface area contributed by atoms with Gasteiger partial charge in [-0.2, -0.15) is 45.3 Å². The number of hydrogen-bond acceptors (Lipinski definition) is 27. The first kappa shape index (κ1) is 100. The van der Waals surface area contributed by atoms with Gasteiger partial charge in [0, 0.05) is 50.3 Å². The number of alkyl halides is 3. The summed E-state index contributed by atoms with van der Waals surface area (Å²) >= 11 is 9.27. The molecule has 20 rings (SSSR count). The summed E-state index contributed by atoms with van der Waals surface area (Å²) in [6.45, 7) is 0. The third kappa shape index (κ3) is 29.8. The Morgan fingerprint density at radius 2 is 0.853 bits per heavy atom. The molecule has 0 aliphatic rings. The highest BCUT2D eigenvalue weighted by atomic mass is 32.1. The molecule has 0 saturated carbocycles. The minimum Gasteiger partial charge on any atom is -0.464 e. The maximum absolute atomic E-state index is 13.2. The first-order chi connectivity index (χ1) is 66.2.